The Morgan fingerprint density at radius 1 is 1.24 bits per heavy atom. The largest absolute Gasteiger partial charge is 0.486 e. The van der Waals surface area contributed by atoms with Crippen molar-refractivity contribution in [2.24, 2.45) is 5.73 Å². The number of halogens is 1. The van der Waals surface area contributed by atoms with Crippen molar-refractivity contribution in [3.05, 3.63) is 23.8 Å². The summed E-state index contributed by atoms with van der Waals surface area (Å²) < 4.78 is 11.0. The Kier molecular flexibility index (Phi) is 5.59. The van der Waals surface area contributed by atoms with E-state index in [2.05, 4.69) is 6.92 Å². The van der Waals surface area contributed by atoms with Crippen molar-refractivity contribution in [1.82, 2.24) is 0 Å². The Balaban J connectivity index is 0.00000144. The summed E-state index contributed by atoms with van der Waals surface area (Å²) >= 11 is 0. The minimum atomic E-state index is 0. The third kappa shape index (κ3) is 3.51. The van der Waals surface area contributed by atoms with Gasteiger partial charge in [-0.15, -0.1) is 12.4 Å². The number of rotatable bonds is 4. The summed E-state index contributed by atoms with van der Waals surface area (Å²) in [7, 11) is 0. The van der Waals surface area contributed by atoms with Crippen LogP contribution in [0.3, 0.4) is 0 Å². The van der Waals surface area contributed by atoms with Crippen LogP contribution in [0.15, 0.2) is 18.2 Å². The van der Waals surface area contributed by atoms with Crippen molar-refractivity contribution in [2.75, 3.05) is 13.2 Å². The fraction of sp³-hybridized carbons (Fsp3) is 0.538. The zero-order valence-electron chi connectivity index (χ0n) is 10.1. The molecule has 0 bridgehead atoms. The molecule has 2 N–H and O–H groups in total. The van der Waals surface area contributed by atoms with E-state index in [1.807, 2.05) is 18.2 Å². The van der Waals surface area contributed by atoms with Gasteiger partial charge in [0.15, 0.2) is 11.5 Å². The maximum absolute atomic E-state index is 6.12. The van der Waals surface area contributed by atoms with Crippen LogP contribution in [0.1, 0.15) is 37.8 Å². The van der Waals surface area contributed by atoms with Crippen LogP contribution in [-0.2, 0) is 0 Å². The summed E-state index contributed by atoms with van der Waals surface area (Å²) in [4.78, 5) is 0. The number of ether oxygens (including phenoxy) is 2. The van der Waals surface area contributed by atoms with Crippen LogP contribution in [0.25, 0.3) is 0 Å². The minimum absolute atomic E-state index is 0. The molecule has 1 aromatic rings. The lowest BCUT2D eigenvalue weighted by atomic mass is 10.0. The van der Waals surface area contributed by atoms with E-state index in [0.29, 0.717) is 13.2 Å². The van der Waals surface area contributed by atoms with Crippen LogP contribution in [-0.4, -0.2) is 13.2 Å². The fourth-order valence-corrected chi connectivity index (χ4v) is 1.88. The van der Waals surface area contributed by atoms with Gasteiger partial charge in [-0.05, 0) is 24.1 Å². The molecule has 0 aromatic heterocycles. The lowest BCUT2D eigenvalue weighted by Crippen LogP contribution is -2.16. The predicted octanol–water partition coefficient (Wildman–Crippen LogP) is 3.07. The molecule has 2 rings (SSSR count). The van der Waals surface area contributed by atoms with Crippen molar-refractivity contribution in [1.29, 1.82) is 0 Å². The lowest BCUT2D eigenvalue weighted by molar-refractivity contribution is 0.171. The quantitative estimate of drug-likeness (QED) is 0.902. The average molecular weight is 258 g/mol. The van der Waals surface area contributed by atoms with Gasteiger partial charge in [0, 0.05) is 6.04 Å². The van der Waals surface area contributed by atoms with Crippen LogP contribution in [0, 0.1) is 0 Å². The highest BCUT2D eigenvalue weighted by atomic mass is 35.5. The molecule has 96 valence electrons. The monoisotopic (exact) mass is 257 g/mol. The van der Waals surface area contributed by atoms with Gasteiger partial charge in [-0.3, -0.25) is 0 Å². The molecule has 0 spiro atoms. The van der Waals surface area contributed by atoms with Crippen LogP contribution >= 0.6 is 12.4 Å². The van der Waals surface area contributed by atoms with E-state index in [4.69, 9.17) is 15.2 Å². The molecular formula is C13H20ClNO2. The number of nitrogens with two attached hydrogens (primary N) is 1. The average Bonchev–Trinajstić information content (AvgIpc) is 2.35. The Bertz CT molecular complexity index is 357. The van der Waals surface area contributed by atoms with E-state index in [-0.39, 0.29) is 18.4 Å². The smallest absolute Gasteiger partial charge is 0.161 e. The highest BCUT2D eigenvalue weighted by molar-refractivity contribution is 5.85. The minimum Gasteiger partial charge on any atom is -0.486 e. The zero-order chi connectivity index (χ0) is 11.4. The second-order valence-corrected chi connectivity index (χ2v) is 4.15. The highest BCUT2D eigenvalue weighted by Crippen LogP contribution is 2.32. The topological polar surface area (TPSA) is 44.5 Å². The molecular weight excluding hydrogens is 238 g/mol. The summed E-state index contributed by atoms with van der Waals surface area (Å²) in [6.45, 7) is 3.44. The van der Waals surface area contributed by atoms with E-state index >= 15 is 0 Å². The Morgan fingerprint density at radius 2 is 1.94 bits per heavy atom. The molecule has 1 atom stereocenters. The normalized spacial score (nSPS) is 14.9. The van der Waals surface area contributed by atoms with Gasteiger partial charge in [0.2, 0.25) is 0 Å². The van der Waals surface area contributed by atoms with E-state index in [1.54, 1.807) is 0 Å². The molecule has 0 unspecified atom stereocenters. The maximum Gasteiger partial charge on any atom is 0.161 e. The van der Waals surface area contributed by atoms with Crippen LogP contribution in [0.2, 0.25) is 0 Å². The number of unbranched alkanes of at least 4 members (excludes halogenated alkanes) is 1. The first-order valence-corrected chi connectivity index (χ1v) is 5.96. The highest BCUT2D eigenvalue weighted by Gasteiger charge is 2.14. The molecule has 17 heavy (non-hydrogen) atoms. The van der Waals surface area contributed by atoms with Gasteiger partial charge in [0.25, 0.3) is 0 Å². The first kappa shape index (κ1) is 14.1. The van der Waals surface area contributed by atoms with Gasteiger partial charge in [-0.25, -0.2) is 0 Å². The van der Waals surface area contributed by atoms with E-state index in [1.165, 1.54) is 6.42 Å². The summed E-state index contributed by atoms with van der Waals surface area (Å²) in [6, 6.07) is 6.11. The molecule has 1 aliphatic heterocycles. The third-order valence-electron chi connectivity index (χ3n) is 2.86. The lowest BCUT2D eigenvalue weighted by Gasteiger charge is -2.20. The molecule has 0 saturated carbocycles. The zero-order valence-corrected chi connectivity index (χ0v) is 11.0. The fourth-order valence-electron chi connectivity index (χ4n) is 1.88. The summed E-state index contributed by atoms with van der Waals surface area (Å²) in [5, 5.41) is 0. The summed E-state index contributed by atoms with van der Waals surface area (Å²) in [5.41, 5.74) is 7.25. The molecule has 4 heteroatoms. The summed E-state index contributed by atoms with van der Waals surface area (Å²) in [6.07, 6.45) is 3.37. The van der Waals surface area contributed by atoms with Gasteiger partial charge in [0.1, 0.15) is 13.2 Å². The molecule has 0 fully saturated rings. The molecule has 0 radical (unpaired) electrons. The Hall–Kier alpha value is -0.930. The molecule has 0 saturated heterocycles. The SMILES string of the molecule is CCCC[C@H](N)c1ccc2c(c1)OCCO2.Cl. The van der Waals surface area contributed by atoms with Gasteiger partial charge in [0.05, 0.1) is 0 Å². The van der Waals surface area contributed by atoms with E-state index < -0.39 is 0 Å². The second-order valence-electron chi connectivity index (χ2n) is 4.15. The maximum atomic E-state index is 6.12. The van der Waals surface area contributed by atoms with E-state index in [9.17, 15) is 0 Å². The molecule has 1 aliphatic rings. The number of fused-ring (bicyclic) bond motifs is 1. The standard InChI is InChI=1S/C13H19NO2.ClH/c1-2-3-4-11(14)10-5-6-12-13(9-10)16-8-7-15-12;/h5-6,9,11H,2-4,7-8,14H2,1H3;1H/t11-;/m0./s1. The van der Waals surface area contributed by atoms with Crippen molar-refractivity contribution in [2.45, 2.75) is 32.2 Å². The molecule has 3 nitrogen and oxygen atoms in total. The van der Waals surface area contributed by atoms with Crippen molar-refractivity contribution < 1.29 is 9.47 Å². The summed E-state index contributed by atoms with van der Waals surface area (Å²) in [5.74, 6) is 1.66. The first-order chi connectivity index (χ1) is 7.81. The first-order valence-electron chi connectivity index (χ1n) is 5.96. The van der Waals surface area contributed by atoms with Crippen LogP contribution in [0.5, 0.6) is 11.5 Å². The molecule has 1 aromatic carbocycles. The van der Waals surface area contributed by atoms with Crippen LogP contribution in [0.4, 0.5) is 0 Å². The van der Waals surface area contributed by atoms with Crippen LogP contribution < -0.4 is 15.2 Å². The Labute approximate surface area is 109 Å². The Morgan fingerprint density at radius 3 is 2.65 bits per heavy atom. The number of benzene rings is 1. The predicted molar refractivity (Wildman–Crippen MR) is 71.1 cm³/mol. The molecule has 0 amide bonds. The van der Waals surface area contributed by atoms with Gasteiger partial charge in [-0.2, -0.15) is 0 Å². The van der Waals surface area contributed by atoms with Crippen molar-refractivity contribution in [3.8, 4) is 11.5 Å². The molecule has 0 aliphatic carbocycles. The van der Waals surface area contributed by atoms with Crippen molar-refractivity contribution >= 4 is 12.4 Å². The van der Waals surface area contributed by atoms with Gasteiger partial charge < -0.3 is 15.2 Å². The number of hydrogen-bond acceptors (Lipinski definition) is 3. The molecule has 1 heterocycles. The number of hydrogen-bond donors (Lipinski definition) is 1. The van der Waals surface area contributed by atoms with E-state index in [0.717, 1.165) is 29.9 Å². The third-order valence-corrected chi connectivity index (χ3v) is 2.86. The van der Waals surface area contributed by atoms with Gasteiger partial charge in [-0.1, -0.05) is 25.8 Å². The second kappa shape index (κ2) is 6.72. The van der Waals surface area contributed by atoms with Gasteiger partial charge >= 0.3 is 0 Å². The van der Waals surface area contributed by atoms with Crippen molar-refractivity contribution in [3.63, 3.8) is 0 Å².